The van der Waals surface area contributed by atoms with Gasteiger partial charge in [-0.3, -0.25) is 0 Å². The second kappa shape index (κ2) is 7.53. The van der Waals surface area contributed by atoms with Gasteiger partial charge in [0.05, 0.1) is 11.9 Å². The number of carbonyl (C=O) groups is 1. The highest BCUT2D eigenvalue weighted by Crippen LogP contribution is 2.20. The van der Waals surface area contributed by atoms with Crippen LogP contribution >= 0.6 is 0 Å². The Labute approximate surface area is 157 Å². The zero-order chi connectivity index (χ0) is 19.4. The van der Waals surface area contributed by atoms with E-state index in [2.05, 4.69) is 25.0 Å². The molecule has 3 heterocycles. The van der Waals surface area contributed by atoms with Gasteiger partial charge in [-0.05, 0) is 26.8 Å². The molecule has 0 saturated carbocycles. The van der Waals surface area contributed by atoms with Gasteiger partial charge in [-0.1, -0.05) is 12.6 Å². The van der Waals surface area contributed by atoms with Crippen molar-refractivity contribution in [1.82, 2.24) is 25.1 Å². The fourth-order valence-electron chi connectivity index (χ4n) is 2.59. The van der Waals surface area contributed by atoms with Crippen molar-refractivity contribution in [3.8, 4) is 11.3 Å². The molecule has 9 heteroatoms. The van der Waals surface area contributed by atoms with E-state index in [0.29, 0.717) is 43.6 Å². The predicted molar refractivity (Wildman–Crippen MR) is 99.3 cm³/mol. The molecule has 0 unspecified atom stereocenters. The third-order valence-corrected chi connectivity index (χ3v) is 3.92. The third-order valence-electron chi connectivity index (χ3n) is 3.92. The van der Waals surface area contributed by atoms with Crippen LogP contribution in [0.25, 0.3) is 16.1 Å². The van der Waals surface area contributed by atoms with Gasteiger partial charge >= 0.3 is 6.09 Å². The Morgan fingerprint density at radius 2 is 1.93 bits per heavy atom. The molecule has 2 aromatic rings. The molecular weight excluding hydrogens is 346 g/mol. The molecule has 1 fully saturated rings. The van der Waals surface area contributed by atoms with E-state index in [4.69, 9.17) is 11.3 Å². The van der Waals surface area contributed by atoms with E-state index in [-0.39, 0.29) is 6.09 Å². The summed E-state index contributed by atoms with van der Waals surface area (Å²) in [7, 11) is 0. The number of nitrogens with zero attached hydrogens (tertiary/aromatic N) is 7. The van der Waals surface area contributed by atoms with Crippen LogP contribution in [0.5, 0.6) is 0 Å². The molecule has 1 aliphatic rings. The summed E-state index contributed by atoms with van der Waals surface area (Å²) in [6.07, 6.45) is 2.86. The number of aromatic nitrogens is 4. The van der Waals surface area contributed by atoms with Crippen molar-refractivity contribution < 1.29 is 9.53 Å². The van der Waals surface area contributed by atoms with Crippen LogP contribution in [0, 0.1) is 6.57 Å². The number of anilines is 1. The van der Waals surface area contributed by atoms with E-state index in [1.165, 1.54) is 0 Å². The van der Waals surface area contributed by atoms with Gasteiger partial charge in [-0.15, -0.1) is 10.1 Å². The Kier molecular flexibility index (Phi) is 5.16. The van der Waals surface area contributed by atoms with Crippen LogP contribution in [0.2, 0.25) is 0 Å². The molecule has 0 bridgehead atoms. The Bertz CT molecular complexity index is 847. The zero-order valence-electron chi connectivity index (χ0n) is 15.6. The fraction of sp³-hybridized carbons (Fsp3) is 0.444. The van der Waals surface area contributed by atoms with Gasteiger partial charge in [0, 0.05) is 31.7 Å². The molecule has 2 aromatic heterocycles. The van der Waals surface area contributed by atoms with Crippen molar-refractivity contribution in [2.24, 2.45) is 0 Å². The lowest BCUT2D eigenvalue weighted by Crippen LogP contribution is -2.50. The summed E-state index contributed by atoms with van der Waals surface area (Å²) in [6, 6.07) is 3.43. The van der Waals surface area contributed by atoms with E-state index in [0.717, 1.165) is 5.56 Å². The van der Waals surface area contributed by atoms with Crippen LogP contribution in [0.4, 0.5) is 16.6 Å². The van der Waals surface area contributed by atoms with Gasteiger partial charge in [0.25, 0.3) is 5.82 Å². The zero-order valence-corrected chi connectivity index (χ0v) is 15.6. The largest absolute Gasteiger partial charge is 0.444 e. The smallest absolute Gasteiger partial charge is 0.410 e. The summed E-state index contributed by atoms with van der Waals surface area (Å²) in [5, 5.41) is 8.15. The van der Waals surface area contributed by atoms with Gasteiger partial charge in [-0.25, -0.2) is 9.78 Å². The molecule has 140 valence electrons. The third kappa shape index (κ3) is 4.67. The summed E-state index contributed by atoms with van der Waals surface area (Å²) in [6.45, 7) is 14.8. The van der Waals surface area contributed by atoms with Crippen molar-refractivity contribution >= 4 is 17.9 Å². The Morgan fingerprint density at radius 1 is 1.19 bits per heavy atom. The normalized spacial score (nSPS) is 14.6. The maximum atomic E-state index is 12.2. The van der Waals surface area contributed by atoms with E-state index in [1.807, 2.05) is 25.7 Å². The van der Waals surface area contributed by atoms with Crippen LogP contribution in [0.1, 0.15) is 20.8 Å². The van der Waals surface area contributed by atoms with Gasteiger partial charge < -0.3 is 19.4 Å². The first-order valence-corrected chi connectivity index (χ1v) is 8.62. The van der Waals surface area contributed by atoms with Crippen LogP contribution < -0.4 is 4.90 Å². The molecule has 1 aliphatic heterocycles. The number of hydrogen-bond acceptors (Lipinski definition) is 7. The minimum Gasteiger partial charge on any atom is -0.444 e. The molecule has 27 heavy (non-hydrogen) atoms. The number of hydrogen-bond donors (Lipinski definition) is 0. The summed E-state index contributed by atoms with van der Waals surface area (Å²) in [5.41, 5.74) is 0.899. The molecule has 9 nitrogen and oxygen atoms in total. The fourth-order valence-corrected chi connectivity index (χ4v) is 2.59. The average Bonchev–Trinajstić information content (AvgIpc) is 2.67. The van der Waals surface area contributed by atoms with Crippen molar-refractivity contribution in [3.63, 3.8) is 0 Å². The molecule has 1 saturated heterocycles. The van der Waals surface area contributed by atoms with Crippen molar-refractivity contribution in [1.29, 1.82) is 0 Å². The Balaban J connectivity index is 1.66. The quantitative estimate of drug-likeness (QED) is 0.754. The van der Waals surface area contributed by atoms with Crippen LogP contribution in [0.3, 0.4) is 0 Å². The SMILES string of the molecule is [C-]#[N+]c1ccc(-c2cnnc(N3CCN(C(=O)OC(C)(C)C)CC3)n2)cn1. The summed E-state index contributed by atoms with van der Waals surface area (Å²) >= 11 is 0. The second-order valence-corrected chi connectivity index (χ2v) is 7.11. The Morgan fingerprint density at radius 3 is 2.52 bits per heavy atom. The molecule has 0 atom stereocenters. The van der Waals surface area contributed by atoms with E-state index in [9.17, 15) is 4.79 Å². The monoisotopic (exact) mass is 367 g/mol. The van der Waals surface area contributed by atoms with Gasteiger partial charge in [0.2, 0.25) is 5.95 Å². The lowest BCUT2D eigenvalue weighted by molar-refractivity contribution is 0.0240. The van der Waals surface area contributed by atoms with Crippen LogP contribution in [-0.4, -0.2) is 62.9 Å². The van der Waals surface area contributed by atoms with Crippen LogP contribution in [-0.2, 0) is 4.74 Å². The minimum atomic E-state index is -0.508. The topological polar surface area (TPSA) is 88.7 Å². The molecule has 1 amide bonds. The lowest BCUT2D eigenvalue weighted by atomic mass is 10.2. The first kappa shape index (κ1) is 18.5. The highest BCUT2D eigenvalue weighted by Gasteiger charge is 2.27. The predicted octanol–water partition coefficient (Wildman–Crippen LogP) is 2.54. The van der Waals surface area contributed by atoms with Crippen molar-refractivity contribution in [3.05, 3.63) is 35.9 Å². The Hall–Kier alpha value is -3.28. The van der Waals surface area contributed by atoms with Crippen molar-refractivity contribution in [2.45, 2.75) is 26.4 Å². The maximum Gasteiger partial charge on any atom is 0.410 e. The van der Waals surface area contributed by atoms with Crippen molar-refractivity contribution in [2.75, 3.05) is 31.1 Å². The molecule has 3 rings (SSSR count). The van der Waals surface area contributed by atoms with E-state index < -0.39 is 5.60 Å². The van der Waals surface area contributed by atoms with E-state index in [1.54, 1.807) is 29.4 Å². The summed E-state index contributed by atoms with van der Waals surface area (Å²) < 4.78 is 5.41. The van der Waals surface area contributed by atoms with Gasteiger partial charge in [0.15, 0.2) is 0 Å². The first-order chi connectivity index (χ1) is 12.9. The number of rotatable bonds is 2. The number of pyridine rings is 1. The maximum absolute atomic E-state index is 12.2. The molecule has 0 aromatic carbocycles. The van der Waals surface area contributed by atoms with Crippen LogP contribution in [0.15, 0.2) is 24.5 Å². The summed E-state index contributed by atoms with van der Waals surface area (Å²) in [5.74, 6) is 0.838. The lowest BCUT2D eigenvalue weighted by Gasteiger charge is -2.35. The highest BCUT2D eigenvalue weighted by molar-refractivity contribution is 5.68. The number of piperazine rings is 1. The number of ether oxygens (including phenoxy) is 1. The summed E-state index contributed by atoms with van der Waals surface area (Å²) in [4.78, 5) is 27.7. The molecule has 0 aliphatic carbocycles. The first-order valence-electron chi connectivity index (χ1n) is 8.62. The number of carbonyl (C=O) groups excluding carboxylic acids is 1. The highest BCUT2D eigenvalue weighted by atomic mass is 16.6. The second-order valence-electron chi connectivity index (χ2n) is 7.11. The minimum absolute atomic E-state index is 0.305. The number of amides is 1. The molecule has 0 radical (unpaired) electrons. The standard InChI is InChI=1S/C18H21N7O2/c1-18(2,3)27-17(26)25-9-7-24(8-10-25)16-22-14(12-21-23-16)13-5-6-15(19-4)20-11-13/h5-6,11-12H,7-10H2,1-3H3. The van der Waals surface area contributed by atoms with E-state index >= 15 is 0 Å². The molecule has 0 N–H and O–H groups in total. The van der Waals surface area contributed by atoms with Gasteiger partial charge in [-0.2, -0.15) is 5.10 Å². The van der Waals surface area contributed by atoms with Gasteiger partial charge in [0.1, 0.15) is 11.8 Å². The average molecular weight is 367 g/mol. The molecule has 0 spiro atoms. The molecular formula is C18H21N7O2.